The summed E-state index contributed by atoms with van der Waals surface area (Å²) in [6.45, 7) is -0.0469. The molecule has 40 heavy (non-hydrogen) atoms. The van der Waals surface area contributed by atoms with Gasteiger partial charge in [-0.1, -0.05) is 0 Å². The number of ether oxygens (including phenoxy) is 1. The van der Waals surface area contributed by atoms with Gasteiger partial charge in [0.1, 0.15) is 23.6 Å². The van der Waals surface area contributed by atoms with Gasteiger partial charge in [-0.05, 0) is 36.4 Å². The summed E-state index contributed by atoms with van der Waals surface area (Å²) < 4.78 is 44.3. The van der Waals surface area contributed by atoms with E-state index in [2.05, 4.69) is 40.4 Å². The Hall–Kier alpha value is -5.41. The van der Waals surface area contributed by atoms with E-state index in [9.17, 15) is 18.0 Å². The van der Waals surface area contributed by atoms with Crippen LogP contribution >= 0.6 is 0 Å². The fourth-order valence-corrected chi connectivity index (χ4v) is 3.76. The number of amides is 1. The zero-order chi connectivity index (χ0) is 28.4. The zero-order valence-corrected chi connectivity index (χ0v) is 21.1. The van der Waals surface area contributed by atoms with Gasteiger partial charge in [0, 0.05) is 32.2 Å². The van der Waals surface area contributed by atoms with Gasteiger partial charge in [-0.15, -0.1) is 13.2 Å². The summed E-state index contributed by atoms with van der Waals surface area (Å²) in [5.74, 6) is 0.493. The number of nitrogens with two attached hydrogens (primary N) is 1. The molecular formula is C24H22F3N11O2. The second kappa shape index (κ2) is 10.4. The number of nitrogens with one attached hydrogen (secondary N) is 2. The molecule has 13 nitrogen and oxygen atoms in total. The van der Waals surface area contributed by atoms with Crippen LogP contribution in [0.4, 0.5) is 47.9 Å². The van der Waals surface area contributed by atoms with Crippen LogP contribution in [0, 0.1) is 0 Å². The number of primary amides is 1. The van der Waals surface area contributed by atoms with Crippen molar-refractivity contribution in [1.29, 1.82) is 0 Å². The van der Waals surface area contributed by atoms with Crippen molar-refractivity contribution in [2.24, 2.45) is 12.8 Å². The van der Waals surface area contributed by atoms with Crippen LogP contribution in [0.3, 0.4) is 0 Å². The fraction of sp³-hybridized carbons (Fsp3) is 0.167. The molecule has 0 fully saturated rings. The van der Waals surface area contributed by atoms with Crippen LogP contribution in [0.15, 0.2) is 61.2 Å². The van der Waals surface area contributed by atoms with E-state index in [-0.39, 0.29) is 12.3 Å². The lowest BCUT2D eigenvalue weighted by Gasteiger charge is -2.18. The number of carbonyl (C=O) groups is 1. The standard InChI is InChI=1S/C24H22F3N11O2/c1-36(20-7-8-29-22(35-20)32-15-10-31-38(12-15)13-19(28)39)16-9-18-21(30-11-16)37(2)23(34-18)33-14-3-5-17(6-4-14)40-24(25,26)27/h3-12H,13H2,1-2H3,(H2,28,39)(H,33,34)(H,29,32,35). The van der Waals surface area contributed by atoms with Crippen molar-refractivity contribution in [3.05, 3.63) is 61.2 Å². The normalized spacial score (nSPS) is 11.4. The van der Waals surface area contributed by atoms with Gasteiger partial charge in [-0.3, -0.25) is 14.0 Å². The van der Waals surface area contributed by atoms with Crippen LogP contribution in [0.1, 0.15) is 0 Å². The second-order valence-electron chi connectivity index (χ2n) is 8.54. The van der Waals surface area contributed by atoms with Gasteiger partial charge in [-0.25, -0.2) is 15.0 Å². The van der Waals surface area contributed by atoms with E-state index in [1.807, 2.05) is 13.1 Å². The van der Waals surface area contributed by atoms with Crippen LogP contribution in [-0.2, 0) is 18.4 Å². The molecule has 0 unspecified atom stereocenters. The van der Waals surface area contributed by atoms with E-state index < -0.39 is 12.3 Å². The first kappa shape index (κ1) is 26.2. The van der Waals surface area contributed by atoms with E-state index in [1.54, 1.807) is 41.2 Å². The molecule has 0 bridgehead atoms. The van der Waals surface area contributed by atoms with Crippen molar-refractivity contribution < 1.29 is 22.7 Å². The van der Waals surface area contributed by atoms with E-state index >= 15 is 0 Å². The quantitative estimate of drug-likeness (QED) is 0.247. The minimum absolute atomic E-state index is 0.0469. The number of pyridine rings is 1. The summed E-state index contributed by atoms with van der Waals surface area (Å²) in [5, 5.41) is 10.2. The second-order valence-corrected chi connectivity index (χ2v) is 8.54. The van der Waals surface area contributed by atoms with Crippen LogP contribution in [0.25, 0.3) is 11.2 Å². The van der Waals surface area contributed by atoms with E-state index in [4.69, 9.17) is 5.73 Å². The molecule has 1 amide bonds. The Balaban J connectivity index is 1.32. The first-order chi connectivity index (χ1) is 19.0. The highest BCUT2D eigenvalue weighted by molar-refractivity contribution is 5.80. The number of alkyl halides is 3. The summed E-state index contributed by atoms with van der Waals surface area (Å²) in [7, 11) is 3.58. The monoisotopic (exact) mass is 553 g/mol. The third-order valence-electron chi connectivity index (χ3n) is 5.62. The van der Waals surface area contributed by atoms with Crippen molar-refractivity contribution in [2.45, 2.75) is 12.9 Å². The maximum absolute atomic E-state index is 12.4. The average molecular weight is 554 g/mol. The Bertz CT molecular complexity index is 1670. The third kappa shape index (κ3) is 6.01. The number of aryl methyl sites for hydroxylation is 1. The molecule has 16 heteroatoms. The number of rotatable bonds is 9. The smallest absolute Gasteiger partial charge is 0.406 e. The number of fused-ring (bicyclic) bond motifs is 1. The number of hydrogen-bond acceptors (Lipinski definition) is 10. The minimum atomic E-state index is -4.76. The SMILES string of the molecule is CN(c1cnc2c(c1)nc(Nc1ccc(OC(F)(F)F)cc1)n2C)c1ccnc(Nc2cnn(CC(N)=O)c2)n1. The molecule has 206 valence electrons. The summed E-state index contributed by atoms with van der Waals surface area (Å²) in [4.78, 5) is 30.8. The molecule has 0 aliphatic heterocycles. The van der Waals surface area contributed by atoms with Gasteiger partial charge in [-0.2, -0.15) is 10.1 Å². The number of imidazole rings is 1. The predicted molar refractivity (Wildman–Crippen MR) is 140 cm³/mol. The molecule has 5 aromatic rings. The molecule has 0 saturated carbocycles. The van der Waals surface area contributed by atoms with Crippen LogP contribution in [0.2, 0.25) is 0 Å². The van der Waals surface area contributed by atoms with Crippen LogP contribution in [-0.4, -0.2) is 53.6 Å². The van der Waals surface area contributed by atoms with Gasteiger partial charge in [0.05, 0.1) is 23.8 Å². The Morgan fingerprint density at radius 3 is 2.58 bits per heavy atom. The Morgan fingerprint density at radius 1 is 1.07 bits per heavy atom. The Morgan fingerprint density at radius 2 is 1.85 bits per heavy atom. The Kier molecular flexibility index (Phi) is 6.81. The predicted octanol–water partition coefficient (Wildman–Crippen LogP) is 3.59. The molecule has 0 saturated heterocycles. The summed E-state index contributed by atoms with van der Waals surface area (Å²) >= 11 is 0. The molecule has 4 aromatic heterocycles. The lowest BCUT2D eigenvalue weighted by molar-refractivity contribution is -0.274. The van der Waals surface area contributed by atoms with Crippen molar-refractivity contribution >= 4 is 51.8 Å². The molecule has 0 radical (unpaired) electrons. The van der Waals surface area contributed by atoms with Gasteiger partial charge in [0.15, 0.2) is 5.65 Å². The van der Waals surface area contributed by atoms with Crippen molar-refractivity contribution in [3.8, 4) is 5.75 Å². The number of nitrogens with zero attached hydrogens (tertiary/aromatic N) is 8. The average Bonchev–Trinajstić information content (AvgIpc) is 3.46. The molecule has 0 aliphatic rings. The highest BCUT2D eigenvalue weighted by Crippen LogP contribution is 2.28. The maximum atomic E-state index is 12.4. The van der Waals surface area contributed by atoms with Crippen LogP contribution in [0.5, 0.6) is 5.75 Å². The lowest BCUT2D eigenvalue weighted by Crippen LogP contribution is -2.18. The molecular weight excluding hydrogens is 531 g/mol. The van der Waals surface area contributed by atoms with E-state index in [1.165, 1.54) is 35.1 Å². The number of anilines is 6. The lowest BCUT2D eigenvalue weighted by atomic mass is 10.3. The molecule has 0 spiro atoms. The molecule has 5 rings (SSSR count). The van der Waals surface area contributed by atoms with Crippen LogP contribution < -0.4 is 26.0 Å². The highest BCUT2D eigenvalue weighted by atomic mass is 19.4. The minimum Gasteiger partial charge on any atom is -0.406 e. The van der Waals surface area contributed by atoms with E-state index in [0.717, 1.165) is 0 Å². The number of carbonyl (C=O) groups excluding carboxylic acids is 1. The van der Waals surface area contributed by atoms with Crippen molar-refractivity contribution in [2.75, 3.05) is 22.6 Å². The number of benzene rings is 1. The topological polar surface area (TPSA) is 154 Å². The number of hydrogen-bond donors (Lipinski definition) is 3. The Labute approximate surface area is 224 Å². The highest BCUT2D eigenvalue weighted by Gasteiger charge is 2.31. The molecule has 0 aliphatic carbocycles. The third-order valence-corrected chi connectivity index (χ3v) is 5.62. The summed E-state index contributed by atoms with van der Waals surface area (Å²) in [5.41, 5.74) is 8.17. The molecule has 1 aromatic carbocycles. The maximum Gasteiger partial charge on any atom is 0.573 e. The number of aromatic nitrogens is 7. The summed E-state index contributed by atoms with van der Waals surface area (Å²) in [6.07, 6.45) is 1.64. The molecule has 0 atom stereocenters. The molecule has 4 heterocycles. The van der Waals surface area contributed by atoms with Crippen molar-refractivity contribution in [1.82, 2.24) is 34.3 Å². The largest absolute Gasteiger partial charge is 0.573 e. The number of halogens is 3. The first-order valence-electron chi connectivity index (χ1n) is 11.6. The first-order valence-corrected chi connectivity index (χ1v) is 11.6. The van der Waals surface area contributed by atoms with Crippen molar-refractivity contribution in [3.63, 3.8) is 0 Å². The van der Waals surface area contributed by atoms with Gasteiger partial charge >= 0.3 is 6.36 Å². The van der Waals surface area contributed by atoms with Gasteiger partial charge in [0.2, 0.25) is 17.8 Å². The van der Waals surface area contributed by atoms with E-state index in [0.29, 0.717) is 45.9 Å². The molecule has 4 N–H and O–H groups in total. The zero-order valence-electron chi connectivity index (χ0n) is 21.1. The fourth-order valence-electron chi connectivity index (χ4n) is 3.76. The summed E-state index contributed by atoms with van der Waals surface area (Å²) in [6, 6.07) is 8.89. The van der Waals surface area contributed by atoms with Gasteiger partial charge in [0.25, 0.3) is 0 Å². The van der Waals surface area contributed by atoms with Gasteiger partial charge < -0.3 is 26.0 Å².